The van der Waals surface area contributed by atoms with Crippen LogP contribution in [0.2, 0.25) is 0 Å². The van der Waals surface area contributed by atoms with Crippen molar-refractivity contribution in [1.29, 1.82) is 0 Å². The highest BCUT2D eigenvalue weighted by molar-refractivity contribution is 6.41. The maximum absolute atomic E-state index is 2.52. The Kier molecular flexibility index (Phi) is 11.7. The van der Waals surface area contributed by atoms with Crippen molar-refractivity contribution in [3.63, 3.8) is 0 Å². The Labute approximate surface area is 591 Å². The zero-order valence-electron chi connectivity index (χ0n) is 55.8. The van der Waals surface area contributed by atoms with Crippen LogP contribution < -0.4 is 0 Å². The summed E-state index contributed by atoms with van der Waals surface area (Å²) in [6, 6.07) is 132. The van der Waals surface area contributed by atoms with Gasteiger partial charge < -0.3 is 22.8 Å². The lowest BCUT2D eigenvalue weighted by Crippen LogP contribution is -1.97. The molecule has 0 bridgehead atoms. The molecule has 24 rings (SSSR count). The van der Waals surface area contributed by atoms with Crippen LogP contribution in [0.15, 0.2) is 358 Å². The minimum atomic E-state index is 1.14. The van der Waals surface area contributed by atoms with Gasteiger partial charge in [-0.05, 0) is 164 Å². The van der Waals surface area contributed by atoms with Crippen molar-refractivity contribution in [3.05, 3.63) is 358 Å². The highest BCUT2D eigenvalue weighted by Gasteiger charge is 2.32. The van der Waals surface area contributed by atoms with Crippen LogP contribution in [-0.4, -0.2) is 22.8 Å². The summed E-state index contributed by atoms with van der Waals surface area (Å²) in [4.78, 5) is 0. The third-order valence-electron chi connectivity index (χ3n) is 22.6. The van der Waals surface area contributed by atoms with Gasteiger partial charge in [0.25, 0.3) is 0 Å². The molecule has 103 heavy (non-hydrogen) atoms. The van der Waals surface area contributed by atoms with Gasteiger partial charge in [-0.15, -0.1) is 0 Å². The lowest BCUT2D eigenvalue weighted by atomic mass is 9.91. The summed E-state index contributed by atoms with van der Waals surface area (Å²) < 4.78 is 12.4. The molecule has 0 fully saturated rings. The zero-order valence-corrected chi connectivity index (χ0v) is 55.8. The minimum absolute atomic E-state index is 1.14. The molecule has 2 aliphatic carbocycles. The maximum atomic E-state index is 2.52. The summed E-state index contributed by atoms with van der Waals surface area (Å²) in [5.41, 5.74) is 30.8. The van der Waals surface area contributed by atoms with Gasteiger partial charge in [-0.3, -0.25) is 0 Å². The van der Waals surface area contributed by atoms with E-state index in [1.54, 1.807) is 0 Å². The number of para-hydroxylation sites is 7. The number of hydrogen-bond acceptors (Lipinski definition) is 0. The van der Waals surface area contributed by atoms with Crippen LogP contribution in [0.5, 0.6) is 0 Å². The third kappa shape index (κ3) is 7.74. The first-order valence-electron chi connectivity index (χ1n) is 35.7. The van der Waals surface area contributed by atoms with E-state index in [1.807, 2.05) is 0 Å². The second-order valence-corrected chi connectivity index (χ2v) is 27.7. The summed E-state index contributed by atoms with van der Waals surface area (Å²) in [6.07, 6.45) is 0. The third-order valence-corrected chi connectivity index (χ3v) is 22.6. The fourth-order valence-corrected chi connectivity index (χ4v) is 18.5. The van der Waals surface area contributed by atoms with E-state index in [-0.39, 0.29) is 0 Å². The van der Waals surface area contributed by atoms with Crippen molar-refractivity contribution in [2.75, 3.05) is 0 Å². The monoisotopic (exact) mass is 1310 g/mol. The number of aromatic nitrogens is 5. The van der Waals surface area contributed by atoms with Gasteiger partial charge in [0.15, 0.2) is 0 Å². The predicted octanol–water partition coefficient (Wildman–Crippen LogP) is 26.1. The predicted molar refractivity (Wildman–Crippen MR) is 434 cm³/mol. The van der Waals surface area contributed by atoms with Crippen LogP contribution in [0.3, 0.4) is 0 Å². The van der Waals surface area contributed by atoms with E-state index in [4.69, 9.17) is 0 Å². The van der Waals surface area contributed by atoms with Gasteiger partial charge in [-0.25, -0.2) is 0 Å². The van der Waals surface area contributed by atoms with Crippen LogP contribution in [0.25, 0.3) is 215 Å². The van der Waals surface area contributed by atoms with E-state index >= 15 is 0 Å². The number of rotatable bonds is 6. The van der Waals surface area contributed by atoms with Crippen molar-refractivity contribution in [3.8, 4) is 84.1 Å². The van der Waals surface area contributed by atoms with Gasteiger partial charge in [-0.1, -0.05) is 255 Å². The summed E-state index contributed by atoms with van der Waals surface area (Å²) in [6.45, 7) is 0. The van der Waals surface area contributed by atoms with E-state index in [0.717, 1.165) is 17.1 Å². The molecule has 22 aromatic rings. The van der Waals surface area contributed by atoms with E-state index in [9.17, 15) is 0 Å². The number of fused-ring (bicyclic) bond motifs is 18. The molecule has 0 saturated carbocycles. The first-order chi connectivity index (χ1) is 51.2. The van der Waals surface area contributed by atoms with Gasteiger partial charge in [-0.2, -0.15) is 0 Å². The van der Waals surface area contributed by atoms with Crippen LogP contribution in [0, 0.1) is 0 Å². The number of hydrogen-bond donors (Lipinski definition) is 0. The van der Waals surface area contributed by atoms with Gasteiger partial charge in [0.2, 0.25) is 0 Å². The molecule has 0 spiro atoms. The fraction of sp³-hybridized carbons (Fsp3) is 0. The second-order valence-electron chi connectivity index (χ2n) is 27.7. The smallest absolute Gasteiger partial charge is 0.0648 e. The molecule has 0 radical (unpaired) electrons. The van der Waals surface area contributed by atoms with Crippen molar-refractivity contribution in [1.82, 2.24) is 22.8 Å². The Hall–Kier alpha value is -13.7. The molecule has 0 amide bonds. The molecule has 17 aromatic carbocycles. The van der Waals surface area contributed by atoms with E-state index in [2.05, 4.69) is 381 Å². The average Bonchev–Trinajstić information content (AvgIpc) is 1.52. The molecule has 0 aliphatic heterocycles. The topological polar surface area (TPSA) is 24.6 Å². The van der Waals surface area contributed by atoms with Crippen LogP contribution in [0.1, 0.15) is 0 Å². The van der Waals surface area contributed by atoms with Gasteiger partial charge in [0, 0.05) is 98.6 Å². The van der Waals surface area contributed by atoms with Gasteiger partial charge in [0.05, 0.1) is 55.2 Å². The quantitative estimate of drug-likeness (QED) is 0.159. The Morgan fingerprint density at radius 3 is 1.12 bits per heavy atom. The normalized spacial score (nSPS) is 12.3. The lowest BCUT2D eigenvalue weighted by Gasteiger charge is -2.16. The molecule has 0 unspecified atom stereocenters. The molecule has 5 aromatic heterocycles. The standard InChI is InChI=1S/C58H35N3.C40H24N2/c1-2-14-39(15-3-1)60-50-24-11-8-20-47(50)55-52(60)35-53-58-56(55)46-19-5-4-16-42(46)45-21-12-13-38-29-34-51(57(58)54(38)45)61(53)41-32-27-37(28-33-41)36-25-30-40(31-26-36)59-48-22-9-6-17-43(48)44-18-7-10-23-49(44)59;1-3-13-25(14-4-1)41-33-23-10-9-19-31(33)37-39(41)32-22-11-20-29-27-17-7-8-18-28(27)30-21-12-24-34-36(30)38(35(29)32)40(37)42(34)26-15-5-2-6-16-26/h1-35H;1-24H. The van der Waals surface area contributed by atoms with Crippen molar-refractivity contribution in [2.24, 2.45) is 0 Å². The van der Waals surface area contributed by atoms with Crippen molar-refractivity contribution >= 4 is 131 Å². The SMILES string of the molecule is c1ccc(-n2c3ccccc3c3c2c2cccc4c2c2c5c(cccc5n(-c5ccccc5)c23)-c2ccccc2-4)cc1.c1ccc(-n2c3ccccc3c3c4c5c6c7c(cccc7ccc6n(-c6ccc(-c7ccc(-n8c9ccccc9c9ccccc98)cc7)cc6)c5cc32)-c2ccccc2-4)cc1. The zero-order chi connectivity index (χ0) is 67.1. The first kappa shape index (κ1) is 56.2. The summed E-state index contributed by atoms with van der Waals surface area (Å²) in [5.74, 6) is 0. The van der Waals surface area contributed by atoms with E-state index in [0.29, 0.717) is 0 Å². The molecule has 476 valence electrons. The fourth-order valence-electron chi connectivity index (χ4n) is 18.5. The Balaban J connectivity index is 0.000000135. The van der Waals surface area contributed by atoms with E-state index in [1.165, 1.54) is 198 Å². The van der Waals surface area contributed by atoms with Gasteiger partial charge >= 0.3 is 0 Å². The Morgan fingerprint density at radius 2 is 0.524 bits per heavy atom. The van der Waals surface area contributed by atoms with Crippen LogP contribution >= 0.6 is 0 Å². The van der Waals surface area contributed by atoms with E-state index < -0.39 is 0 Å². The molecule has 2 aliphatic rings. The van der Waals surface area contributed by atoms with Gasteiger partial charge in [0.1, 0.15) is 0 Å². The molecule has 0 N–H and O–H groups in total. The summed E-state index contributed by atoms with van der Waals surface area (Å²) >= 11 is 0. The maximum Gasteiger partial charge on any atom is 0.0648 e. The Morgan fingerprint density at radius 1 is 0.155 bits per heavy atom. The van der Waals surface area contributed by atoms with Crippen molar-refractivity contribution < 1.29 is 0 Å². The largest absolute Gasteiger partial charge is 0.309 e. The second kappa shape index (κ2) is 21.4. The molecule has 5 nitrogen and oxygen atoms in total. The molecular formula is C98H59N5. The molecule has 5 heteroatoms. The highest BCUT2D eigenvalue weighted by Crippen LogP contribution is 2.56. The molecule has 0 atom stereocenters. The summed E-state index contributed by atoms with van der Waals surface area (Å²) in [7, 11) is 0. The van der Waals surface area contributed by atoms with Crippen LogP contribution in [-0.2, 0) is 0 Å². The molecular weight excluding hydrogens is 1250 g/mol. The summed E-state index contributed by atoms with van der Waals surface area (Å²) in [5, 5.41) is 18.2. The average molecular weight is 1310 g/mol. The first-order valence-corrected chi connectivity index (χ1v) is 35.7. The molecule has 0 saturated heterocycles. The number of nitrogens with zero attached hydrogens (tertiary/aromatic N) is 5. The highest BCUT2D eigenvalue weighted by atomic mass is 15.0. The Bertz CT molecular complexity index is 7310. The molecule has 5 heterocycles. The number of benzene rings is 17. The lowest BCUT2D eigenvalue weighted by molar-refractivity contribution is 1.16. The van der Waals surface area contributed by atoms with Crippen LogP contribution in [0.4, 0.5) is 0 Å². The van der Waals surface area contributed by atoms with Crippen molar-refractivity contribution in [2.45, 2.75) is 0 Å². The minimum Gasteiger partial charge on any atom is -0.309 e.